The number of hydrogen-bond acceptors (Lipinski definition) is 3. The third kappa shape index (κ3) is 3.00. The molecule has 5 heteroatoms. The zero-order valence-corrected chi connectivity index (χ0v) is 9.60. The number of aromatic nitrogens is 1. The predicted molar refractivity (Wildman–Crippen MR) is 61.9 cm³/mol. The van der Waals surface area contributed by atoms with E-state index in [2.05, 4.69) is 4.98 Å². The van der Waals surface area contributed by atoms with E-state index in [9.17, 15) is 9.18 Å². The van der Waals surface area contributed by atoms with E-state index in [1.54, 1.807) is 4.90 Å². The summed E-state index contributed by atoms with van der Waals surface area (Å²) in [5.74, 6) is -0.553. The molecule has 0 aromatic carbocycles. The molecule has 1 aromatic heterocycles. The van der Waals surface area contributed by atoms with Crippen LogP contribution >= 0.6 is 0 Å². The van der Waals surface area contributed by atoms with E-state index in [-0.39, 0.29) is 5.91 Å². The highest BCUT2D eigenvalue weighted by atomic mass is 19.1. The molecule has 1 heterocycles. The molecule has 1 aliphatic rings. The van der Waals surface area contributed by atoms with Crippen LogP contribution in [0.3, 0.4) is 0 Å². The van der Waals surface area contributed by atoms with E-state index in [1.807, 2.05) is 0 Å². The maximum atomic E-state index is 12.7. The molecule has 0 radical (unpaired) electrons. The standard InChI is InChI=1S/C12H16FN3O/c13-9-2-5-11(15-8-9)12(17)16(7-1-6-14)10-3-4-10/h2,5,8,10H,1,3-4,6-7,14H2. The number of halogens is 1. The van der Waals surface area contributed by atoms with Crippen LogP contribution in [0.2, 0.25) is 0 Å². The van der Waals surface area contributed by atoms with E-state index in [4.69, 9.17) is 5.73 Å². The Morgan fingerprint density at radius 3 is 2.82 bits per heavy atom. The van der Waals surface area contributed by atoms with Gasteiger partial charge in [0.05, 0.1) is 6.20 Å². The van der Waals surface area contributed by atoms with Gasteiger partial charge in [-0.05, 0) is 37.9 Å². The van der Waals surface area contributed by atoms with E-state index >= 15 is 0 Å². The van der Waals surface area contributed by atoms with Gasteiger partial charge in [0.2, 0.25) is 0 Å². The molecular weight excluding hydrogens is 221 g/mol. The third-order valence-electron chi connectivity index (χ3n) is 2.80. The fraction of sp³-hybridized carbons (Fsp3) is 0.500. The first-order valence-corrected chi connectivity index (χ1v) is 5.85. The molecule has 1 amide bonds. The largest absolute Gasteiger partial charge is 0.334 e. The van der Waals surface area contributed by atoms with Crippen LogP contribution in [-0.4, -0.2) is 34.9 Å². The summed E-state index contributed by atoms with van der Waals surface area (Å²) in [7, 11) is 0. The first-order chi connectivity index (χ1) is 8.22. The summed E-state index contributed by atoms with van der Waals surface area (Å²) in [6.45, 7) is 1.21. The molecule has 1 saturated carbocycles. The first kappa shape index (κ1) is 12.0. The van der Waals surface area contributed by atoms with Crippen LogP contribution in [0.1, 0.15) is 29.8 Å². The van der Waals surface area contributed by atoms with Crippen LogP contribution in [0.5, 0.6) is 0 Å². The lowest BCUT2D eigenvalue weighted by Crippen LogP contribution is -2.35. The molecule has 2 N–H and O–H groups in total. The average molecular weight is 237 g/mol. The Bertz CT molecular complexity index is 389. The molecule has 0 unspecified atom stereocenters. The summed E-state index contributed by atoms with van der Waals surface area (Å²) in [4.78, 5) is 17.8. The Morgan fingerprint density at radius 1 is 1.53 bits per heavy atom. The third-order valence-corrected chi connectivity index (χ3v) is 2.80. The molecule has 2 rings (SSSR count). The molecule has 0 spiro atoms. The monoisotopic (exact) mass is 237 g/mol. The van der Waals surface area contributed by atoms with E-state index in [0.717, 1.165) is 25.5 Å². The summed E-state index contributed by atoms with van der Waals surface area (Å²) >= 11 is 0. The van der Waals surface area contributed by atoms with Crippen LogP contribution < -0.4 is 5.73 Å². The smallest absolute Gasteiger partial charge is 0.272 e. The number of amides is 1. The number of nitrogens with zero attached hydrogens (tertiary/aromatic N) is 2. The van der Waals surface area contributed by atoms with E-state index in [0.29, 0.717) is 24.8 Å². The maximum Gasteiger partial charge on any atom is 0.272 e. The molecule has 0 aliphatic heterocycles. The van der Waals surface area contributed by atoms with Crippen molar-refractivity contribution in [1.82, 2.24) is 9.88 Å². The molecule has 1 aliphatic carbocycles. The van der Waals surface area contributed by atoms with Crippen LogP contribution in [0.4, 0.5) is 4.39 Å². The van der Waals surface area contributed by atoms with Gasteiger partial charge >= 0.3 is 0 Å². The molecule has 0 bridgehead atoms. The topological polar surface area (TPSA) is 59.2 Å². The number of carbonyl (C=O) groups excluding carboxylic acids is 1. The van der Waals surface area contributed by atoms with Crippen molar-refractivity contribution >= 4 is 5.91 Å². The van der Waals surface area contributed by atoms with E-state index in [1.165, 1.54) is 12.1 Å². The van der Waals surface area contributed by atoms with Crippen molar-refractivity contribution in [2.45, 2.75) is 25.3 Å². The molecule has 0 saturated heterocycles. The summed E-state index contributed by atoms with van der Waals surface area (Å²) in [6, 6.07) is 3.00. The zero-order valence-electron chi connectivity index (χ0n) is 9.60. The molecule has 92 valence electrons. The fourth-order valence-corrected chi connectivity index (χ4v) is 1.75. The average Bonchev–Trinajstić information content (AvgIpc) is 3.14. The summed E-state index contributed by atoms with van der Waals surface area (Å²) in [5, 5.41) is 0. The van der Waals surface area contributed by atoms with Gasteiger partial charge in [-0.15, -0.1) is 0 Å². The van der Waals surface area contributed by atoms with Crippen molar-refractivity contribution in [1.29, 1.82) is 0 Å². The lowest BCUT2D eigenvalue weighted by atomic mass is 10.3. The van der Waals surface area contributed by atoms with Gasteiger partial charge in [0.25, 0.3) is 5.91 Å². The quantitative estimate of drug-likeness (QED) is 0.836. The minimum Gasteiger partial charge on any atom is -0.334 e. The first-order valence-electron chi connectivity index (χ1n) is 5.85. The van der Waals surface area contributed by atoms with Gasteiger partial charge in [0.1, 0.15) is 11.5 Å². The van der Waals surface area contributed by atoms with Gasteiger partial charge in [0.15, 0.2) is 0 Å². The van der Waals surface area contributed by atoms with Gasteiger partial charge < -0.3 is 10.6 Å². The Kier molecular flexibility index (Phi) is 3.68. The van der Waals surface area contributed by atoms with Crippen LogP contribution in [-0.2, 0) is 0 Å². The minimum atomic E-state index is -0.429. The summed E-state index contributed by atoms with van der Waals surface area (Å²) < 4.78 is 12.7. The minimum absolute atomic E-state index is 0.124. The van der Waals surface area contributed by atoms with Crippen LogP contribution in [0.25, 0.3) is 0 Å². The Morgan fingerprint density at radius 2 is 2.29 bits per heavy atom. The lowest BCUT2D eigenvalue weighted by Gasteiger charge is -2.21. The van der Waals surface area contributed by atoms with Gasteiger partial charge in [0, 0.05) is 12.6 Å². The van der Waals surface area contributed by atoms with Crippen molar-refractivity contribution in [2.75, 3.05) is 13.1 Å². The number of carbonyl (C=O) groups is 1. The van der Waals surface area contributed by atoms with Crippen molar-refractivity contribution in [2.24, 2.45) is 5.73 Å². The van der Waals surface area contributed by atoms with Gasteiger partial charge in [-0.2, -0.15) is 0 Å². The predicted octanol–water partition coefficient (Wildman–Crippen LogP) is 1.17. The van der Waals surface area contributed by atoms with Crippen molar-refractivity contribution in [3.05, 3.63) is 29.8 Å². The lowest BCUT2D eigenvalue weighted by molar-refractivity contribution is 0.0736. The van der Waals surface area contributed by atoms with Gasteiger partial charge in [-0.25, -0.2) is 9.37 Å². The molecule has 17 heavy (non-hydrogen) atoms. The van der Waals surface area contributed by atoms with Gasteiger partial charge in [-0.1, -0.05) is 0 Å². The van der Waals surface area contributed by atoms with Gasteiger partial charge in [-0.3, -0.25) is 4.79 Å². The Hall–Kier alpha value is -1.49. The second-order valence-electron chi connectivity index (χ2n) is 4.23. The molecule has 4 nitrogen and oxygen atoms in total. The van der Waals surface area contributed by atoms with E-state index < -0.39 is 5.82 Å². The molecule has 0 atom stereocenters. The highest BCUT2D eigenvalue weighted by Gasteiger charge is 2.32. The summed E-state index contributed by atoms with van der Waals surface area (Å²) in [6.07, 6.45) is 3.93. The van der Waals surface area contributed by atoms with Crippen molar-refractivity contribution in [3.8, 4) is 0 Å². The number of rotatable bonds is 5. The highest BCUT2D eigenvalue weighted by Crippen LogP contribution is 2.28. The SMILES string of the molecule is NCCCN(C(=O)c1ccc(F)cn1)C1CC1. The van der Waals surface area contributed by atoms with Crippen molar-refractivity contribution < 1.29 is 9.18 Å². The second kappa shape index (κ2) is 5.23. The maximum absolute atomic E-state index is 12.7. The van der Waals surface area contributed by atoms with Crippen LogP contribution in [0.15, 0.2) is 18.3 Å². The highest BCUT2D eigenvalue weighted by molar-refractivity contribution is 5.92. The summed E-state index contributed by atoms with van der Waals surface area (Å²) in [5.41, 5.74) is 5.75. The molecule has 1 aromatic rings. The van der Waals surface area contributed by atoms with Crippen LogP contribution in [0, 0.1) is 5.82 Å². The zero-order chi connectivity index (χ0) is 12.3. The number of pyridine rings is 1. The fourth-order valence-electron chi connectivity index (χ4n) is 1.75. The number of nitrogens with two attached hydrogens (primary N) is 1. The normalized spacial score (nSPS) is 14.7. The Labute approximate surface area is 99.6 Å². The molecular formula is C12H16FN3O. The Balaban J connectivity index is 2.07. The van der Waals surface area contributed by atoms with Crippen molar-refractivity contribution in [3.63, 3.8) is 0 Å². The molecule has 1 fully saturated rings. The number of hydrogen-bond donors (Lipinski definition) is 1. The second-order valence-corrected chi connectivity index (χ2v) is 4.23.